The lowest BCUT2D eigenvalue weighted by Gasteiger charge is -2.18. The molecule has 3 nitrogen and oxygen atoms in total. The molecule has 0 saturated carbocycles. The molecule has 0 bridgehead atoms. The molecule has 1 aliphatic heterocycles. The molecule has 102 valence electrons. The maximum Gasteiger partial charge on any atom is 0.231 e. The number of fused-ring (bicyclic) bond motifs is 1. The molecule has 0 unspecified atom stereocenters. The Balaban J connectivity index is 1.83. The van der Waals surface area contributed by atoms with E-state index < -0.39 is 0 Å². The van der Waals surface area contributed by atoms with Crippen molar-refractivity contribution in [3.05, 3.63) is 59.7 Å². The Morgan fingerprint density at radius 1 is 1.05 bits per heavy atom. The molecule has 0 radical (unpaired) electrons. The average Bonchev–Trinajstić information content (AvgIpc) is 2.76. The number of hydrogen-bond acceptors (Lipinski definition) is 2. The van der Waals surface area contributed by atoms with Crippen molar-refractivity contribution in [3.63, 3.8) is 0 Å². The summed E-state index contributed by atoms with van der Waals surface area (Å²) in [5, 5.41) is 0. The van der Waals surface area contributed by atoms with Crippen molar-refractivity contribution in [2.45, 2.75) is 13.0 Å². The largest absolute Gasteiger partial charge is 0.378 e. The zero-order chi connectivity index (χ0) is 14.1. The zero-order valence-corrected chi connectivity index (χ0v) is 11.8. The van der Waals surface area contributed by atoms with Crippen LogP contribution in [0.15, 0.2) is 48.5 Å². The van der Waals surface area contributed by atoms with Gasteiger partial charge < -0.3 is 9.80 Å². The summed E-state index contributed by atoms with van der Waals surface area (Å²) in [5.41, 5.74) is 4.50. The average molecular weight is 266 g/mol. The molecule has 0 atom stereocenters. The maximum atomic E-state index is 12.1. The lowest BCUT2D eigenvalue weighted by atomic mass is 10.1. The van der Waals surface area contributed by atoms with Crippen LogP contribution in [0.4, 0.5) is 11.4 Å². The van der Waals surface area contributed by atoms with Crippen LogP contribution in [-0.4, -0.2) is 20.0 Å². The summed E-state index contributed by atoms with van der Waals surface area (Å²) in [5.74, 6) is 0.183. The number of benzene rings is 2. The van der Waals surface area contributed by atoms with Crippen LogP contribution in [0, 0.1) is 0 Å². The smallest absolute Gasteiger partial charge is 0.231 e. The quantitative estimate of drug-likeness (QED) is 0.853. The van der Waals surface area contributed by atoms with Crippen LogP contribution in [0.25, 0.3) is 0 Å². The summed E-state index contributed by atoms with van der Waals surface area (Å²) in [4.78, 5) is 16.1. The van der Waals surface area contributed by atoms with Crippen LogP contribution in [0.1, 0.15) is 11.1 Å². The molecule has 1 aliphatic rings. The molecule has 2 aromatic carbocycles. The van der Waals surface area contributed by atoms with Gasteiger partial charge in [0.15, 0.2) is 0 Å². The minimum absolute atomic E-state index is 0.183. The van der Waals surface area contributed by atoms with Gasteiger partial charge in [0.05, 0.1) is 13.0 Å². The van der Waals surface area contributed by atoms with Crippen LogP contribution in [0.3, 0.4) is 0 Å². The number of amides is 1. The van der Waals surface area contributed by atoms with Gasteiger partial charge in [-0.1, -0.05) is 30.3 Å². The van der Waals surface area contributed by atoms with Crippen LogP contribution in [0.5, 0.6) is 0 Å². The van der Waals surface area contributed by atoms with Gasteiger partial charge in [-0.2, -0.15) is 0 Å². The topological polar surface area (TPSA) is 23.6 Å². The van der Waals surface area contributed by atoms with E-state index in [1.165, 1.54) is 5.69 Å². The van der Waals surface area contributed by atoms with E-state index >= 15 is 0 Å². The molecule has 3 rings (SSSR count). The van der Waals surface area contributed by atoms with E-state index in [0.717, 1.165) is 16.8 Å². The maximum absolute atomic E-state index is 12.1. The summed E-state index contributed by atoms with van der Waals surface area (Å²) in [7, 11) is 4.05. The molecule has 0 fully saturated rings. The fourth-order valence-corrected chi connectivity index (χ4v) is 2.57. The van der Waals surface area contributed by atoms with E-state index in [0.29, 0.717) is 13.0 Å². The van der Waals surface area contributed by atoms with Crippen molar-refractivity contribution in [3.8, 4) is 0 Å². The van der Waals surface area contributed by atoms with Gasteiger partial charge in [0, 0.05) is 25.5 Å². The number of carbonyl (C=O) groups is 1. The Morgan fingerprint density at radius 3 is 2.45 bits per heavy atom. The second-order valence-electron chi connectivity index (χ2n) is 5.35. The van der Waals surface area contributed by atoms with Crippen molar-refractivity contribution in [1.82, 2.24) is 0 Å². The van der Waals surface area contributed by atoms with E-state index in [4.69, 9.17) is 0 Å². The molecule has 0 aromatic heterocycles. The molecular formula is C17H18N2O. The molecule has 1 heterocycles. The minimum atomic E-state index is 0.183. The number of carbonyl (C=O) groups excluding carboxylic acids is 1. The third-order valence-electron chi connectivity index (χ3n) is 3.72. The Hall–Kier alpha value is -2.29. The van der Waals surface area contributed by atoms with Crippen molar-refractivity contribution in [2.24, 2.45) is 0 Å². The monoisotopic (exact) mass is 266 g/mol. The van der Waals surface area contributed by atoms with Crippen molar-refractivity contribution >= 4 is 17.3 Å². The van der Waals surface area contributed by atoms with Gasteiger partial charge in [0.25, 0.3) is 0 Å². The van der Waals surface area contributed by atoms with E-state index in [1.54, 1.807) is 0 Å². The van der Waals surface area contributed by atoms with Crippen molar-refractivity contribution in [1.29, 1.82) is 0 Å². The molecule has 0 spiro atoms. The summed E-state index contributed by atoms with van der Waals surface area (Å²) < 4.78 is 0. The van der Waals surface area contributed by atoms with Gasteiger partial charge in [0.2, 0.25) is 5.91 Å². The van der Waals surface area contributed by atoms with Gasteiger partial charge in [-0.15, -0.1) is 0 Å². The highest BCUT2D eigenvalue weighted by Gasteiger charge is 2.26. The van der Waals surface area contributed by atoms with E-state index in [1.807, 2.05) is 43.3 Å². The predicted octanol–water partition coefficient (Wildman–Crippen LogP) is 2.84. The van der Waals surface area contributed by atoms with Crippen LogP contribution >= 0.6 is 0 Å². The number of hydrogen-bond donors (Lipinski definition) is 0. The molecule has 0 saturated heterocycles. The first-order valence-electron chi connectivity index (χ1n) is 6.79. The fourth-order valence-electron chi connectivity index (χ4n) is 2.57. The van der Waals surface area contributed by atoms with Crippen LogP contribution in [0.2, 0.25) is 0 Å². The SMILES string of the molecule is CN(C)c1ccc(CN2C(=O)Cc3ccccc32)cc1. The number of anilines is 2. The van der Waals surface area contributed by atoms with Crippen LogP contribution < -0.4 is 9.80 Å². The molecule has 0 aliphatic carbocycles. The first-order valence-corrected chi connectivity index (χ1v) is 6.79. The van der Waals surface area contributed by atoms with E-state index in [2.05, 4.69) is 29.2 Å². The fraction of sp³-hybridized carbons (Fsp3) is 0.235. The third-order valence-corrected chi connectivity index (χ3v) is 3.72. The summed E-state index contributed by atoms with van der Waals surface area (Å²) >= 11 is 0. The Kier molecular flexibility index (Phi) is 3.18. The van der Waals surface area contributed by atoms with Gasteiger partial charge >= 0.3 is 0 Å². The molecule has 3 heteroatoms. The normalized spacial score (nSPS) is 13.5. The molecule has 1 amide bonds. The Morgan fingerprint density at radius 2 is 1.75 bits per heavy atom. The highest BCUT2D eigenvalue weighted by molar-refractivity contribution is 6.01. The Bertz CT molecular complexity index is 632. The van der Waals surface area contributed by atoms with Gasteiger partial charge in [0.1, 0.15) is 0 Å². The number of para-hydroxylation sites is 1. The summed E-state index contributed by atoms with van der Waals surface area (Å²) in [6, 6.07) is 16.4. The first kappa shape index (κ1) is 12.7. The molecule has 20 heavy (non-hydrogen) atoms. The second-order valence-corrected chi connectivity index (χ2v) is 5.35. The molecular weight excluding hydrogens is 248 g/mol. The van der Waals surface area contributed by atoms with Gasteiger partial charge in [-0.25, -0.2) is 0 Å². The highest BCUT2D eigenvalue weighted by Crippen LogP contribution is 2.30. The second kappa shape index (κ2) is 5.00. The van der Waals surface area contributed by atoms with Crippen LogP contribution in [-0.2, 0) is 17.8 Å². The standard InChI is InChI=1S/C17H18N2O/c1-18(2)15-9-7-13(8-10-15)12-19-16-6-4-3-5-14(16)11-17(19)20/h3-10H,11-12H2,1-2H3. The zero-order valence-electron chi connectivity index (χ0n) is 11.8. The van der Waals surface area contributed by atoms with E-state index in [9.17, 15) is 4.79 Å². The lowest BCUT2D eigenvalue weighted by molar-refractivity contribution is -0.117. The highest BCUT2D eigenvalue weighted by atomic mass is 16.2. The van der Waals surface area contributed by atoms with Crippen molar-refractivity contribution < 1.29 is 4.79 Å². The third kappa shape index (κ3) is 2.27. The summed E-state index contributed by atoms with van der Waals surface area (Å²) in [6.45, 7) is 0.642. The molecule has 0 N–H and O–H groups in total. The first-order chi connectivity index (χ1) is 9.65. The van der Waals surface area contributed by atoms with E-state index in [-0.39, 0.29) is 5.91 Å². The molecule has 2 aromatic rings. The number of nitrogens with zero attached hydrogens (tertiary/aromatic N) is 2. The van der Waals surface area contributed by atoms with Crippen molar-refractivity contribution in [2.75, 3.05) is 23.9 Å². The summed E-state index contributed by atoms with van der Waals surface area (Å²) in [6.07, 6.45) is 0.520. The number of rotatable bonds is 3. The lowest BCUT2D eigenvalue weighted by Crippen LogP contribution is -2.25. The Labute approximate surface area is 119 Å². The van der Waals surface area contributed by atoms with Gasteiger partial charge in [-0.3, -0.25) is 4.79 Å². The van der Waals surface area contributed by atoms with Gasteiger partial charge in [-0.05, 0) is 29.3 Å². The predicted molar refractivity (Wildman–Crippen MR) is 82.1 cm³/mol. The minimum Gasteiger partial charge on any atom is -0.378 e.